The Balaban J connectivity index is 1.59. The highest BCUT2D eigenvalue weighted by Gasteiger charge is 2.27. The molecule has 166 valence electrons. The molecule has 31 heavy (non-hydrogen) atoms. The molecule has 3 N–H and O–H groups in total. The minimum absolute atomic E-state index is 0.147. The van der Waals surface area contributed by atoms with Crippen molar-refractivity contribution >= 4 is 23.2 Å². The number of hydrogen-bond donors (Lipinski definition) is 3. The third-order valence-corrected chi connectivity index (χ3v) is 6.10. The third-order valence-electron chi connectivity index (χ3n) is 6.10. The van der Waals surface area contributed by atoms with Gasteiger partial charge in [0, 0.05) is 11.7 Å². The van der Waals surface area contributed by atoms with E-state index in [2.05, 4.69) is 29.8 Å². The van der Waals surface area contributed by atoms with Gasteiger partial charge in [0.05, 0.1) is 24.4 Å². The molecule has 0 aliphatic heterocycles. The van der Waals surface area contributed by atoms with Gasteiger partial charge in [0.1, 0.15) is 5.75 Å². The smallest absolute Gasteiger partial charge is 0.257 e. The number of ether oxygens (including phenoxy) is 1. The summed E-state index contributed by atoms with van der Waals surface area (Å²) in [5, 5.41) is 9.16. The molecule has 0 unspecified atom stereocenters. The molecule has 2 aromatic rings. The zero-order valence-corrected chi connectivity index (χ0v) is 18.6. The Bertz CT molecular complexity index is 882. The van der Waals surface area contributed by atoms with Crippen molar-refractivity contribution in [1.29, 1.82) is 0 Å². The number of rotatable bonds is 8. The number of carbonyl (C=O) groups is 2. The molecule has 0 bridgehead atoms. The van der Waals surface area contributed by atoms with Gasteiger partial charge in [-0.3, -0.25) is 9.59 Å². The lowest BCUT2D eigenvalue weighted by atomic mass is 9.78. The zero-order valence-electron chi connectivity index (χ0n) is 18.6. The molecule has 0 spiro atoms. The largest absolute Gasteiger partial charge is 0.494 e. The van der Waals surface area contributed by atoms with E-state index in [0.717, 1.165) is 12.2 Å². The summed E-state index contributed by atoms with van der Waals surface area (Å²) in [6.45, 7) is 7.27. The predicted octanol–water partition coefficient (Wildman–Crippen LogP) is 4.69. The first kappa shape index (κ1) is 22.8. The quantitative estimate of drug-likeness (QED) is 0.575. The molecule has 2 amide bonds. The fraction of sp³-hybridized carbons (Fsp3) is 0.440. The minimum Gasteiger partial charge on any atom is -0.494 e. The average Bonchev–Trinajstić information content (AvgIpc) is 2.76. The maximum atomic E-state index is 12.8. The van der Waals surface area contributed by atoms with Crippen molar-refractivity contribution < 1.29 is 14.3 Å². The van der Waals surface area contributed by atoms with E-state index in [1.807, 2.05) is 25.1 Å². The van der Waals surface area contributed by atoms with Crippen LogP contribution in [-0.4, -0.2) is 31.0 Å². The van der Waals surface area contributed by atoms with Crippen LogP contribution >= 0.6 is 0 Å². The van der Waals surface area contributed by atoms with Crippen molar-refractivity contribution in [1.82, 2.24) is 5.32 Å². The Hall–Kier alpha value is -2.86. The molecule has 3 rings (SSSR count). The number of anilines is 2. The van der Waals surface area contributed by atoms with E-state index in [4.69, 9.17) is 4.74 Å². The molecule has 1 saturated carbocycles. The molecule has 6 nitrogen and oxygen atoms in total. The molecule has 0 heterocycles. The summed E-state index contributed by atoms with van der Waals surface area (Å²) in [5.41, 5.74) is 1.59. The Morgan fingerprint density at radius 3 is 2.48 bits per heavy atom. The highest BCUT2D eigenvalue weighted by molar-refractivity contribution is 6.10. The maximum absolute atomic E-state index is 12.8. The van der Waals surface area contributed by atoms with Gasteiger partial charge in [-0.1, -0.05) is 38.8 Å². The summed E-state index contributed by atoms with van der Waals surface area (Å²) >= 11 is 0. The van der Waals surface area contributed by atoms with Crippen LogP contribution in [0.25, 0.3) is 0 Å². The lowest BCUT2D eigenvalue weighted by molar-refractivity contribution is -0.115. The SMILES string of the molecule is CCOc1ccc(NC(=O)c2ccccc2NC(=O)CN[C@@H]2CCC[C@H](C)[C@@H]2C)cc1. The normalized spacial score (nSPS) is 20.7. The van der Waals surface area contributed by atoms with Gasteiger partial charge in [0.25, 0.3) is 5.91 Å². The van der Waals surface area contributed by atoms with Crippen LogP contribution in [0.5, 0.6) is 5.75 Å². The van der Waals surface area contributed by atoms with E-state index >= 15 is 0 Å². The van der Waals surface area contributed by atoms with E-state index in [1.165, 1.54) is 12.8 Å². The summed E-state index contributed by atoms with van der Waals surface area (Å²) in [6.07, 6.45) is 3.54. The van der Waals surface area contributed by atoms with Crippen LogP contribution in [0.15, 0.2) is 48.5 Å². The van der Waals surface area contributed by atoms with E-state index in [0.29, 0.717) is 41.4 Å². The standard InChI is InChI=1S/C25H33N3O3/c1-4-31-20-14-12-19(13-15-20)27-25(30)21-9-5-6-10-23(21)28-24(29)16-26-22-11-7-8-17(2)18(22)3/h5-6,9-10,12-15,17-18,22,26H,4,7-8,11,16H2,1-3H3,(H,27,30)(H,28,29)/t17-,18-,22+/m0/s1. The molecule has 1 aliphatic rings. The van der Waals surface area contributed by atoms with Gasteiger partial charge in [0.15, 0.2) is 0 Å². The van der Waals surface area contributed by atoms with Gasteiger partial charge in [-0.15, -0.1) is 0 Å². The molecule has 0 saturated heterocycles. The molecule has 1 aliphatic carbocycles. The molecule has 1 fully saturated rings. The van der Waals surface area contributed by atoms with Crippen molar-refractivity contribution in [2.75, 3.05) is 23.8 Å². The van der Waals surface area contributed by atoms with Crippen LogP contribution in [0.1, 0.15) is 50.4 Å². The topological polar surface area (TPSA) is 79.5 Å². The average molecular weight is 424 g/mol. The number of para-hydroxylation sites is 1. The van der Waals surface area contributed by atoms with Gasteiger partial charge in [0.2, 0.25) is 5.91 Å². The Kier molecular flexibility index (Phi) is 8.06. The number of nitrogens with one attached hydrogen (secondary N) is 3. The second-order valence-electron chi connectivity index (χ2n) is 8.26. The van der Waals surface area contributed by atoms with Crippen molar-refractivity contribution in [3.05, 3.63) is 54.1 Å². The molecule has 0 radical (unpaired) electrons. The Morgan fingerprint density at radius 2 is 1.74 bits per heavy atom. The summed E-state index contributed by atoms with van der Waals surface area (Å²) in [6, 6.07) is 14.6. The van der Waals surface area contributed by atoms with Crippen LogP contribution in [0.4, 0.5) is 11.4 Å². The monoisotopic (exact) mass is 423 g/mol. The van der Waals surface area contributed by atoms with Crippen molar-refractivity contribution in [3.63, 3.8) is 0 Å². The molecular weight excluding hydrogens is 390 g/mol. The van der Waals surface area contributed by atoms with Crippen LogP contribution in [0.3, 0.4) is 0 Å². The fourth-order valence-electron chi connectivity index (χ4n) is 4.08. The van der Waals surface area contributed by atoms with Gasteiger partial charge in [-0.2, -0.15) is 0 Å². The second kappa shape index (κ2) is 11.0. The lowest BCUT2D eigenvalue weighted by Crippen LogP contribution is -2.43. The van der Waals surface area contributed by atoms with Crippen molar-refractivity contribution in [3.8, 4) is 5.75 Å². The van der Waals surface area contributed by atoms with Crippen LogP contribution in [0, 0.1) is 11.8 Å². The van der Waals surface area contributed by atoms with E-state index < -0.39 is 0 Å². The summed E-state index contributed by atoms with van der Waals surface area (Å²) in [4.78, 5) is 25.4. The molecule has 6 heteroatoms. The van der Waals surface area contributed by atoms with Crippen LogP contribution < -0.4 is 20.7 Å². The summed E-state index contributed by atoms with van der Waals surface area (Å²) in [7, 11) is 0. The van der Waals surface area contributed by atoms with Gasteiger partial charge < -0.3 is 20.7 Å². The Morgan fingerprint density at radius 1 is 1.00 bits per heavy atom. The van der Waals surface area contributed by atoms with Crippen LogP contribution in [-0.2, 0) is 4.79 Å². The maximum Gasteiger partial charge on any atom is 0.257 e. The molecule has 0 aromatic heterocycles. The summed E-state index contributed by atoms with van der Waals surface area (Å²) in [5.74, 6) is 1.55. The van der Waals surface area contributed by atoms with E-state index in [1.54, 1.807) is 30.3 Å². The Labute approximate surface area is 184 Å². The first-order valence-electron chi connectivity index (χ1n) is 11.1. The number of hydrogen-bond acceptors (Lipinski definition) is 4. The highest BCUT2D eigenvalue weighted by atomic mass is 16.5. The first-order chi connectivity index (χ1) is 15.0. The van der Waals surface area contributed by atoms with E-state index in [9.17, 15) is 9.59 Å². The fourth-order valence-corrected chi connectivity index (χ4v) is 4.08. The predicted molar refractivity (Wildman–Crippen MR) is 125 cm³/mol. The molecular formula is C25H33N3O3. The molecule has 2 aromatic carbocycles. The number of carbonyl (C=O) groups excluding carboxylic acids is 2. The van der Waals surface area contributed by atoms with E-state index in [-0.39, 0.29) is 18.4 Å². The van der Waals surface area contributed by atoms with Gasteiger partial charge in [-0.05, 0) is 61.6 Å². The van der Waals surface area contributed by atoms with Crippen molar-refractivity contribution in [2.24, 2.45) is 11.8 Å². The van der Waals surface area contributed by atoms with Crippen molar-refractivity contribution in [2.45, 2.75) is 46.1 Å². The zero-order chi connectivity index (χ0) is 22.2. The van der Waals surface area contributed by atoms with Gasteiger partial charge in [-0.25, -0.2) is 0 Å². The van der Waals surface area contributed by atoms with Gasteiger partial charge >= 0.3 is 0 Å². The second-order valence-corrected chi connectivity index (χ2v) is 8.26. The third kappa shape index (κ3) is 6.31. The minimum atomic E-state index is -0.275. The molecule has 3 atom stereocenters. The van der Waals surface area contributed by atoms with Crippen LogP contribution in [0.2, 0.25) is 0 Å². The first-order valence-corrected chi connectivity index (χ1v) is 11.1. The number of amides is 2. The highest BCUT2D eigenvalue weighted by Crippen LogP contribution is 2.29. The summed E-state index contributed by atoms with van der Waals surface area (Å²) < 4.78 is 5.43. The number of benzene rings is 2. The lowest BCUT2D eigenvalue weighted by Gasteiger charge is -2.34.